The van der Waals surface area contributed by atoms with E-state index in [1.165, 1.54) is 0 Å². The van der Waals surface area contributed by atoms with Gasteiger partial charge in [0.2, 0.25) is 0 Å². The number of hydrogen-bond acceptors (Lipinski definition) is 3. The highest BCUT2D eigenvalue weighted by molar-refractivity contribution is 5.30. The van der Waals surface area contributed by atoms with Gasteiger partial charge in [-0.25, -0.2) is 9.97 Å². The molecule has 1 aromatic rings. The summed E-state index contributed by atoms with van der Waals surface area (Å²) in [7, 11) is 0. The summed E-state index contributed by atoms with van der Waals surface area (Å²) in [6, 6.07) is 0. The fourth-order valence-electron chi connectivity index (χ4n) is 2.16. The molecule has 6 heteroatoms. The molecule has 0 aliphatic carbocycles. The van der Waals surface area contributed by atoms with Crippen molar-refractivity contribution in [3.8, 4) is 0 Å². The van der Waals surface area contributed by atoms with E-state index in [4.69, 9.17) is 0 Å². The minimum absolute atomic E-state index is 0.105. The van der Waals surface area contributed by atoms with Gasteiger partial charge in [0.1, 0.15) is 12.2 Å². The van der Waals surface area contributed by atoms with Gasteiger partial charge in [-0.3, -0.25) is 0 Å². The number of alkyl halides is 3. The molecular formula is C12H16F3N3. The van der Waals surface area contributed by atoms with Gasteiger partial charge in [-0.1, -0.05) is 13.8 Å². The minimum atomic E-state index is -4.25. The van der Waals surface area contributed by atoms with E-state index in [1.807, 2.05) is 13.8 Å². The minimum Gasteiger partial charge on any atom is -0.312 e. The molecule has 1 N–H and O–H groups in total. The van der Waals surface area contributed by atoms with E-state index in [-0.39, 0.29) is 11.7 Å². The molecular weight excluding hydrogens is 243 g/mol. The highest BCUT2D eigenvalue weighted by Gasteiger charge is 2.30. The first-order valence-corrected chi connectivity index (χ1v) is 6.03. The van der Waals surface area contributed by atoms with Crippen molar-refractivity contribution in [2.75, 3.05) is 6.54 Å². The van der Waals surface area contributed by atoms with Crippen molar-refractivity contribution in [3.63, 3.8) is 0 Å². The second-order valence-electron chi connectivity index (χ2n) is 4.82. The Balaban J connectivity index is 2.41. The Kier molecular flexibility index (Phi) is 3.56. The summed E-state index contributed by atoms with van der Waals surface area (Å²) in [5.74, 6) is 0.000448. The zero-order valence-electron chi connectivity index (χ0n) is 10.4. The molecule has 18 heavy (non-hydrogen) atoms. The van der Waals surface area contributed by atoms with Gasteiger partial charge in [0.05, 0.1) is 11.4 Å². The molecule has 100 valence electrons. The van der Waals surface area contributed by atoms with Crippen molar-refractivity contribution >= 4 is 0 Å². The average molecular weight is 259 g/mol. The Morgan fingerprint density at radius 1 is 1.28 bits per heavy atom. The molecule has 2 rings (SSSR count). The van der Waals surface area contributed by atoms with Gasteiger partial charge in [0, 0.05) is 25.1 Å². The summed E-state index contributed by atoms with van der Waals surface area (Å²) in [6.07, 6.45) is -4.63. The molecule has 3 nitrogen and oxygen atoms in total. The Morgan fingerprint density at radius 3 is 2.61 bits per heavy atom. The highest BCUT2D eigenvalue weighted by Crippen LogP contribution is 2.25. The van der Waals surface area contributed by atoms with Crippen molar-refractivity contribution in [1.29, 1.82) is 0 Å². The Bertz CT molecular complexity index is 441. The second kappa shape index (κ2) is 4.84. The molecule has 0 radical (unpaired) electrons. The summed E-state index contributed by atoms with van der Waals surface area (Å²) < 4.78 is 37.2. The van der Waals surface area contributed by atoms with E-state index in [1.54, 1.807) is 0 Å². The van der Waals surface area contributed by atoms with Crippen molar-refractivity contribution in [2.24, 2.45) is 0 Å². The molecule has 2 heterocycles. The lowest BCUT2D eigenvalue weighted by Gasteiger charge is -2.22. The Hall–Kier alpha value is -1.17. The normalized spacial score (nSPS) is 15.9. The van der Waals surface area contributed by atoms with E-state index in [0.29, 0.717) is 13.0 Å². The van der Waals surface area contributed by atoms with Gasteiger partial charge in [0.15, 0.2) is 0 Å². The van der Waals surface area contributed by atoms with Crippen LogP contribution in [-0.4, -0.2) is 22.7 Å². The first kappa shape index (κ1) is 13.3. The summed E-state index contributed by atoms with van der Waals surface area (Å²) in [6.45, 7) is 5.28. The molecule has 1 aliphatic heterocycles. The maximum absolute atomic E-state index is 12.4. The predicted octanol–water partition coefficient (Wildman–Crippen LogP) is 2.35. The first-order valence-electron chi connectivity index (χ1n) is 6.03. The van der Waals surface area contributed by atoms with Crippen LogP contribution in [0.2, 0.25) is 0 Å². The van der Waals surface area contributed by atoms with Gasteiger partial charge < -0.3 is 5.32 Å². The first-order chi connectivity index (χ1) is 8.37. The zero-order chi connectivity index (χ0) is 13.3. The topological polar surface area (TPSA) is 37.8 Å². The number of halogens is 3. The maximum atomic E-state index is 12.4. The monoisotopic (exact) mass is 259 g/mol. The van der Waals surface area contributed by atoms with Crippen LogP contribution in [0, 0.1) is 0 Å². The van der Waals surface area contributed by atoms with Crippen molar-refractivity contribution in [2.45, 2.75) is 45.3 Å². The van der Waals surface area contributed by atoms with Gasteiger partial charge in [-0.05, 0) is 5.92 Å². The number of fused-ring (bicyclic) bond motifs is 1. The third kappa shape index (κ3) is 2.98. The molecule has 0 aromatic carbocycles. The van der Waals surface area contributed by atoms with E-state index >= 15 is 0 Å². The molecule has 0 amide bonds. The maximum Gasteiger partial charge on any atom is 0.396 e. The number of nitrogens with zero attached hydrogens (tertiary/aromatic N) is 2. The van der Waals surface area contributed by atoms with Crippen LogP contribution in [0.25, 0.3) is 0 Å². The molecule has 0 atom stereocenters. The molecule has 0 unspecified atom stereocenters. The smallest absolute Gasteiger partial charge is 0.312 e. The lowest BCUT2D eigenvalue weighted by molar-refractivity contribution is -0.128. The molecule has 0 bridgehead atoms. The third-order valence-electron chi connectivity index (χ3n) is 2.92. The second-order valence-corrected chi connectivity index (χ2v) is 4.82. The van der Waals surface area contributed by atoms with Crippen LogP contribution in [-0.2, 0) is 19.4 Å². The summed E-state index contributed by atoms with van der Waals surface area (Å²) >= 11 is 0. The van der Waals surface area contributed by atoms with Gasteiger partial charge in [-0.2, -0.15) is 13.2 Å². The van der Waals surface area contributed by atoms with Crippen molar-refractivity contribution < 1.29 is 13.2 Å². The molecule has 0 saturated carbocycles. The molecule has 0 spiro atoms. The predicted molar refractivity (Wildman–Crippen MR) is 61.3 cm³/mol. The van der Waals surface area contributed by atoms with Crippen LogP contribution in [0.4, 0.5) is 13.2 Å². The molecule has 1 aliphatic rings. The van der Waals surface area contributed by atoms with Crippen LogP contribution in [0.3, 0.4) is 0 Å². The average Bonchev–Trinajstić information content (AvgIpc) is 2.25. The Labute approximate surface area is 104 Å². The molecule has 1 aromatic heterocycles. The van der Waals surface area contributed by atoms with Crippen LogP contribution < -0.4 is 5.32 Å². The largest absolute Gasteiger partial charge is 0.396 e. The van der Waals surface area contributed by atoms with Crippen molar-refractivity contribution in [1.82, 2.24) is 15.3 Å². The van der Waals surface area contributed by atoms with E-state index in [0.717, 1.165) is 23.5 Å². The van der Waals surface area contributed by atoms with Crippen LogP contribution in [0.5, 0.6) is 0 Å². The van der Waals surface area contributed by atoms with Crippen LogP contribution in [0.15, 0.2) is 0 Å². The van der Waals surface area contributed by atoms with E-state index < -0.39 is 12.6 Å². The van der Waals surface area contributed by atoms with Crippen LogP contribution in [0.1, 0.15) is 42.5 Å². The highest BCUT2D eigenvalue weighted by atomic mass is 19.4. The quantitative estimate of drug-likeness (QED) is 0.886. The third-order valence-corrected chi connectivity index (χ3v) is 2.92. The Morgan fingerprint density at radius 2 is 2.00 bits per heavy atom. The number of hydrogen-bond donors (Lipinski definition) is 1. The van der Waals surface area contributed by atoms with Gasteiger partial charge in [0.25, 0.3) is 0 Å². The SMILES string of the molecule is CC(C)c1nc(CC(F)(F)F)nc2c1CNCC2. The zero-order valence-corrected chi connectivity index (χ0v) is 10.4. The standard InChI is InChI=1S/C12H16F3N3/c1-7(2)11-8-6-16-4-3-9(8)17-10(18-11)5-12(13,14)15/h7,16H,3-6H2,1-2H3. The number of aromatic nitrogens is 2. The lowest BCUT2D eigenvalue weighted by Crippen LogP contribution is -2.28. The molecule has 0 saturated heterocycles. The fourth-order valence-corrected chi connectivity index (χ4v) is 2.16. The van der Waals surface area contributed by atoms with E-state index in [2.05, 4.69) is 15.3 Å². The lowest BCUT2D eigenvalue weighted by atomic mass is 9.98. The van der Waals surface area contributed by atoms with E-state index in [9.17, 15) is 13.2 Å². The van der Waals surface area contributed by atoms with Gasteiger partial charge >= 0.3 is 6.18 Å². The number of nitrogens with one attached hydrogen (secondary N) is 1. The summed E-state index contributed by atoms with van der Waals surface area (Å²) in [4.78, 5) is 8.17. The summed E-state index contributed by atoms with van der Waals surface area (Å²) in [5.41, 5.74) is 2.49. The fraction of sp³-hybridized carbons (Fsp3) is 0.667. The number of rotatable bonds is 2. The van der Waals surface area contributed by atoms with Crippen LogP contribution >= 0.6 is 0 Å². The summed E-state index contributed by atoms with van der Waals surface area (Å²) in [5, 5.41) is 3.20. The molecule has 0 fully saturated rings. The van der Waals surface area contributed by atoms with Crippen molar-refractivity contribution in [3.05, 3.63) is 22.8 Å². The van der Waals surface area contributed by atoms with Gasteiger partial charge in [-0.15, -0.1) is 0 Å².